The number of ketones is 1. The lowest BCUT2D eigenvalue weighted by Gasteiger charge is -2.35. The molecular formula is C26H26ClNO5. The van der Waals surface area contributed by atoms with E-state index in [2.05, 4.69) is 0 Å². The lowest BCUT2D eigenvalue weighted by Crippen LogP contribution is -2.40. The summed E-state index contributed by atoms with van der Waals surface area (Å²) in [5.41, 5.74) is 2.07. The molecule has 2 heterocycles. The molecule has 2 N–H and O–H groups in total. The Balaban J connectivity index is 1.65. The van der Waals surface area contributed by atoms with E-state index in [1.54, 1.807) is 29.2 Å². The van der Waals surface area contributed by atoms with E-state index in [9.17, 15) is 19.8 Å². The average molecular weight is 468 g/mol. The summed E-state index contributed by atoms with van der Waals surface area (Å²) in [5.74, 6) is -0.817. The summed E-state index contributed by atoms with van der Waals surface area (Å²) in [7, 11) is 0. The molecule has 172 valence electrons. The number of rotatable bonds is 3. The molecule has 1 amide bonds. The Kier molecular flexibility index (Phi) is 5.57. The summed E-state index contributed by atoms with van der Waals surface area (Å²) in [4.78, 5) is 28.1. The Labute approximate surface area is 197 Å². The predicted octanol–water partition coefficient (Wildman–Crippen LogP) is 5.12. The van der Waals surface area contributed by atoms with Crippen molar-refractivity contribution in [2.24, 2.45) is 0 Å². The number of phenols is 1. The van der Waals surface area contributed by atoms with E-state index < -0.39 is 17.7 Å². The van der Waals surface area contributed by atoms with Crippen LogP contribution in [0.15, 0.2) is 42.0 Å². The van der Waals surface area contributed by atoms with Crippen LogP contribution < -0.4 is 4.74 Å². The lowest BCUT2D eigenvalue weighted by molar-refractivity contribution is -0.141. The SMILES string of the molecule is CC1Cc2cc(/C(O)=C3/C(=O)C(=O)N(C4CCCCC4)C3c3ccc(O)c(Cl)c3)ccc2O1. The molecule has 6 nitrogen and oxygen atoms in total. The molecule has 2 atom stereocenters. The third-order valence-electron chi connectivity index (χ3n) is 6.91. The molecule has 2 aliphatic heterocycles. The Morgan fingerprint density at radius 1 is 1.09 bits per heavy atom. The average Bonchev–Trinajstić information content (AvgIpc) is 3.31. The predicted molar refractivity (Wildman–Crippen MR) is 124 cm³/mol. The number of benzene rings is 2. The zero-order chi connectivity index (χ0) is 23.3. The summed E-state index contributed by atoms with van der Waals surface area (Å²) in [6.07, 6.45) is 5.45. The van der Waals surface area contributed by atoms with Crippen molar-refractivity contribution in [3.8, 4) is 11.5 Å². The fourth-order valence-electron chi connectivity index (χ4n) is 5.33. The highest BCUT2D eigenvalue weighted by molar-refractivity contribution is 6.46. The first-order valence-corrected chi connectivity index (χ1v) is 11.8. The fourth-order valence-corrected chi connectivity index (χ4v) is 5.52. The number of fused-ring (bicyclic) bond motifs is 1. The number of nitrogens with zero attached hydrogens (tertiary/aromatic N) is 1. The van der Waals surface area contributed by atoms with Crippen LogP contribution in [-0.2, 0) is 16.0 Å². The summed E-state index contributed by atoms with van der Waals surface area (Å²) >= 11 is 6.19. The smallest absolute Gasteiger partial charge is 0.295 e. The molecule has 0 spiro atoms. The largest absolute Gasteiger partial charge is 0.507 e. The van der Waals surface area contributed by atoms with Gasteiger partial charge in [-0.15, -0.1) is 0 Å². The molecule has 0 aromatic heterocycles. The first kappa shape index (κ1) is 21.8. The molecular weight excluding hydrogens is 442 g/mol. The van der Waals surface area contributed by atoms with Crippen molar-refractivity contribution in [2.75, 3.05) is 0 Å². The first-order chi connectivity index (χ1) is 15.8. The van der Waals surface area contributed by atoms with E-state index in [4.69, 9.17) is 16.3 Å². The van der Waals surface area contributed by atoms with Gasteiger partial charge in [0, 0.05) is 18.0 Å². The number of likely N-dealkylation sites (tertiary alicyclic amines) is 1. The number of phenolic OH excluding ortho intramolecular Hbond substituents is 1. The molecule has 3 aliphatic rings. The van der Waals surface area contributed by atoms with Crippen molar-refractivity contribution in [2.45, 2.75) is 63.6 Å². The number of amides is 1. The monoisotopic (exact) mass is 467 g/mol. The van der Waals surface area contributed by atoms with Gasteiger partial charge in [-0.1, -0.05) is 36.9 Å². The number of Topliss-reactive ketones (excluding diaryl/α,β-unsaturated/α-hetero) is 1. The minimum atomic E-state index is -0.769. The molecule has 1 aliphatic carbocycles. The van der Waals surface area contributed by atoms with Crippen molar-refractivity contribution in [3.63, 3.8) is 0 Å². The van der Waals surface area contributed by atoms with E-state index in [0.29, 0.717) is 17.5 Å². The van der Waals surface area contributed by atoms with E-state index in [0.717, 1.165) is 43.4 Å². The van der Waals surface area contributed by atoms with Gasteiger partial charge in [-0.2, -0.15) is 0 Å². The second kappa shape index (κ2) is 8.41. The van der Waals surface area contributed by atoms with E-state index >= 15 is 0 Å². The van der Waals surface area contributed by atoms with Crippen molar-refractivity contribution >= 4 is 29.1 Å². The number of hydrogen-bond donors (Lipinski definition) is 2. The molecule has 0 bridgehead atoms. The second-order valence-electron chi connectivity index (χ2n) is 9.16. The fraction of sp³-hybridized carbons (Fsp3) is 0.385. The zero-order valence-electron chi connectivity index (χ0n) is 18.4. The number of ether oxygens (including phenoxy) is 1. The van der Waals surface area contributed by atoms with Crippen LogP contribution in [0.1, 0.15) is 61.8 Å². The van der Waals surface area contributed by atoms with E-state index in [1.165, 1.54) is 6.07 Å². The van der Waals surface area contributed by atoms with Gasteiger partial charge in [-0.3, -0.25) is 9.59 Å². The number of aromatic hydroxyl groups is 1. The standard InChI is InChI=1S/C26H26ClNO5/c1-14-11-17-12-16(8-10-21(17)33-14)24(30)22-23(15-7-9-20(29)19(27)13-15)28(26(32)25(22)31)18-5-3-2-4-6-18/h7-10,12-14,18,23,29-30H,2-6,11H2,1H3/b24-22-. The normalized spacial score (nSPS) is 24.7. The molecule has 2 unspecified atom stereocenters. The highest BCUT2D eigenvalue weighted by Gasteiger charge is 2.49. The van der Waals surface area contributed by atoms with Gasteiger partial charge in [-0.05, 0) is 61.2 Å². The maximum absolute atomic E-state index is 13.3. The van der Waals surface area contributed by atoms with Gasteiger partial charge in [0.1, 0.15) is 23.4 Å². The molecule has 0 radical (unpaired) electrons. The van der Waals surface area contributed by atoms with Crippen LogP contribution in [0.4, 0.5) is 0 Å². The van der Waals surface area contributed by atoms with Crippen LogP contribution in [0.2, 0.25) is 5.02 Å². The maximum atomic E-state index is 13.3. The Morgan fingerprint density at radius 2 is 1.85 bits per heavy atom. The molecule has 5 rings (SSSR count). The number of carbonyl (C=O) groups excluding carboxylic acids is 2. The first-order valence-electron chi connectivity index (χ1n) is 11.4. The topological polar surface area (TPSA) is 87.1 Å². The van der Waals surface area contributed by atoms with Crippen molar-refractivity contribution in [3.05, 3.63) is 63.7 Å². The minimum absolute atomic E-state index is 0.0495. The molecule has 2 aromatic rings. The van der Waals surface area contributed by atoms with Gasteiger partial charge in [0.05, 0.1) is 16.6 Å². The Hall–Kier alpha value is -2.99. The van der Waals surface area contributed by atoms with Crippen molar-refractivity contribution in [1.29, 1.82) is 0 Å². The van der Waals surface area contributed by atoms with E-state index in [1.807, 2.05) is 13.0 Å². The quantitative estimate of drug-likeness (QED) is 0.371. The number of hydrogen-bond acceptors (Lipinski definition) is 5. The number of aliphatic hydroxyl groups excluding tert-OH is 1. The molecule has 7 heteroatoms. The highest BCUT2D eigenvalue weighted by atomic mass is 35.5. The van der Waals surface area contributed by atoms with Gasteiger partial charge in [0.2, 0.25) is 0 Å². The summed E-state index contributed by atoms with van der Waals surface area (Å²) in [5, 5.41) is 21.4. The van der Waals surface area contributed by atoms with Crippen LogP contribution in [0.3, 0.4) is 0 Å². The molecule has 2 aromatic carbocycles. The van der Waals surface area contributed by atoms with Gasteiger partial charge in [-0.25, -0.2) is 0 Å². The summed E-state index contributed by atoms with van der Waals surface area (Å²) < 4.78 is 5.75. The van der Waals surface area contributed by atoms with Crippen LogP contribution in [0, 0.1) is 0 Å². The van der Waals surface area contributed by atoms with Crippen molar-refractivity contribution in [1.82, 2.24) is 4.90 Å². The van der Waals surface area contributed by atoms with E-state index in [-0.39, 0.29) is 34.3 Å². The zero-order valence-corrected chi connectivity index (χ0v) is 19.1. The molecule has 1 saturated heterocycles. The maximum Gasteiger partial charge on any atom is 0.295 e. The number of carbonyl (C=O) groups is 2. The van der Waals surface area contributed by atoms with Gasteiger partial charge in [0.25, 0.3) is 11.7 Å². The third-order valence-corrected chi connectivity index (χ3v) is 7.21. The van der Waals surface area contributed by atoms with Gasteiger partial charge < -0.3 is 19.8 Å². The van der Waals surface area contributed by atoms with Gasteiger partial charge >= 0.3 is 0 Å². The second-order valence-corrected chi connectivity index (χ2v) is 9.57. The molecule has 2 fully saturated rings. The summed E-state index contributed by atoms with van der Waals surface area (Å²) in [6, 6.07) is 9.13. The Bertz CT molecular complexity index is 1170. The molecule has 1 saturated carbocycles. The van der Waals surface area contributed by atoms with Gasteiger partial charge in [0.15, 0.2) is 0 Å². The number of halogens is 1. The lowest BCUT2D eigenvalue weighted by atomic mass is 9.90. The van der Waals surface area contributed by atoms with Crippen LogP contribution in [0.25, 0.3) is 5.76 Å². The molecule has 33 heavy (non-hydrogen) atoms. The van der Waals surface area contributed by atoms with Crippen molar-refractivity contribution < 1.29 is 24.5 Å². The van der Waals surface area contributed by atoms with Crippen LogP contribution in [-0.4, -0.2) is 38.9 Å². The van der Waals surface area contributed by atoms with Crippen LogP contribution >= 0.6 is 11.6 Å². The van der Waals surface area contributed by atoms with Crippen LogP contribution in [0.5, 0.6) is 11.5 Å². The summed E-state index contributed by atoms with van der Waals surface area (Å²) in [6.45, 7) is 1.98. The highest BCUT2D eigenvalue weighted by Crippen LogP contribution is 2.44. The minimum Gasteiger partial charge on any atom is -0.507 e. The Morgan fingerprint density at radius 3 is 2.58 bits per heavy atom. The third kappa shape index (κ3) is 3.76. The number of aliphatic hydroxyl groups is 1.